The van der Waals surface area contributed by atoms with Crippen molar-refractivity contribution < 1.29 is 27.3 Å². The summed E-state index contributed by atoms with van der Waals surface area (Å²) in [6.07, 6.45) is 2.73. The molecule has 9 heavy (non-hydrogen) atoms. The summed E-state index contributed by atoms with van der Waals surface area (Å²) in [5.41, 5.74) is 0. The molecule has 0 amide bonds. The second-order valence-electron chi connectivity index (χ2n) is 1.17. The van der Waals surface area contributed by atoms with Gasteiger partial charge < -0.3 is 10.1 Å². The van der Waals surface area contributed by atoms with Crippen molar-refractivity contribution in [2.24, 2.45) is 0 Å². The van der Waals surface area contributed by atoms with E-state index in [-0.39, 0.29) is 28.3 Å². The van der Waals surface area contributed by atoms with E-state index in [1.54, 1.807) is 0 Å². The molecule has 0 saturated heterocycles. The minimum atomic E-state index is -0.583. The second-order valence-corrected chi connectivity index (χ2v) is 1.17. The summed E-state index contributed by atoms with van der Waals surface area (Å²) in [5.74, 6) is -0.218. The number of nitrogens with one attached hydrogen (secondary N) is 1. The Bertz CT molecular complexity index is 185. The molecule has 0 saturated carbocycles. The summed E-state index contributed by atoms with van der Waals surface area (Å²) in [6, 6.07) is 0. The van der Waals surface area contributed by atoms with Crippen LogP contribution in [0.5, 0.6) is 0 Å². The van der Waals surface area contributed by atoms with Crippen molar-refractivity contribution in [2.45, 2.75) is 0 Å². The molecule has 0 fully saturated rings. The maximum Gasteiger partial charge on any atom is 0.432 e. The first kappa shape index (κ1) is 8.35. The molecule has 0 aliphatic rings. The minimum Gasteiger partial charge on any atom is -0.390 e. The molecule has 0 unspecified atom stereocenters. The van der Waals surface area contributed by atoms with Gasteiger partial charge in [0, 0.05) is 22.4 Å². The average Bonchev–Trinajstić information content (AvgIpc) is 2.12. The van der Waals surface area contributed by atoms with E-state index in [0.717, 1.165) is 0 Å². The van der Waals surface area contributed by atoms with Crippen molar-refractivity contribution in [3.63, 3.8) is 0 Å². The van der Waals surface area contributed by atoms with Crippen LogP contribution < -0.4 is 0 Å². The number of nitrogens with zero attached hydrogens (tertiary/aromatic N) is 2. The molecule has 0 atom stereocenters. The van der Waals surface area contributed by atoms with E-state index >= 15 is 0 Å². The molecule has 0 aromatic carbocycles. The topological polar surface area (TPSA) is 71.8 Å². The zero-order valence-corrected chi connectivity index (χ0v) is 6.33. The maximum atomic E-state index is 9.77. The summed E-state index contributed by atoms with van der Waals surface area (Å²) in [4.78, 5) is 14.9. The van der Waals surface area contributed by atoms with Crippen LogP contribution in [-0.4, -0.2) is 14.9 Å². The van der Waals surface area contributed by atoms with E-state index in [9.17, 15) is 10.1 Å². The third-order valence-corrected chi connectivity index (χ3v) is 0.657. The molecular weight excluding hydrogens is 307 g/mol. The number of nitro groups is 1. The Kier molecular flexibility index (Phi) is 3.15. The molecule has 1 rings (SSSR count). The number of imidazole rings is 1. The summed E-state index contributed by atoms with van der Waals surface area (Å²) < 4.78 is 0. The minimum absolute atomic E-state index is 0. The van der Waals surface area contributed by atoms with Gasteiger partial charge in [-0.25, -0.2) is 4.98 Å². The molecule has 1 aromatic heterocycles. The Labute approximate surface area is 66.1 Å². The quantitative estimate of drug-likeness (QED) is 0.461. The number of hydrogen-bond acceptors (Lipinski definition) is 3. The molecule has 6 heteroatoms. The molecule has 1 N–H and O–H groups in total. The molecule has 5 nitrogen and oxygen atoms in total. The van der Waals surface area contributed by atoms with E-state index < -0.39 is 4.92 Å². The van der Waals surface area contributed by atoms with Gasteiger partial charge >= 0.3 is 5.95 Å². The predicted octanol–water partition coefficient (Wildman–Crippen LogP) is 0.315. The first-order valence-corrected chi connectivity index (χ1v) is 1.94. The molecule has 0 bridgehead atoms. The van der Waals surface area contributed by atoms with Crippen LogP contribution in [0.2, 0.25) is 0 Å². The predicted molar refractivity (Wildman–Crippen MR) is 25.2 cm³/mol. The van der Waals surface area contributed by atoms with Crippen LogP contribution in [0.15, 0.2) is 12.4 Å². The summed E-state index contributed by atoms with van der Waals surface area (Å²) in [7, 11) is 0. The van der Waals surface area contributed by atoms with Gasteiger partial charge in [0.05, 0.1) is 6.20 Å². The monoisotopic (exact) mass is 310 g/mol. The summed E-state index contributed by atoms with van der Waals surface area (Å²) >= 11 is 0. The number of rotatable bonds is 1. The van der Waals surface area contributed by atoms with Gasteiger partial charge in [-0.05, 0) is 4.92 Å². The molecular formula is C3H3AuN3O2. The van der Waals surface area contributed by atoms with Gasteiger partial charge in [-0.15, -0.1) is 0 Å². The SMILES string of the molecule is O=[N+]([O-])c1ncc[nH]1.[Au]. The van der Waals surface area contributed by atoms with Gasteiger partial charge in [0.1, 0.15) is 6.20 Å². The molecule has 0 aliphatic carbocycles. The average molecular weight is 310 g/mol. The van der Waals surface area contributed by atoms with Crippen LogP contribution in [-0.2, 0) is 22.4 Å². The van der Waals surface area contributed by atoms with E-state index in [0.29, 0.717) is 0 Å². The zero-order chi connectivity index (χ0) is 5.98. The first-order valence-electron chi connectivity index (χ1n) is 1.94. The standard InChI is InChI=1S/C3H3N3O2.Au/c7-6(8)3-4-1-2-5-3;/h1-2H,(H,4,5);. The number of aromatic amines is 1. The van der Waals surface area contributed by atoms with E-state index in [1.165, 1.54) is 12.4 Å². The van der Waals surface area contributed by atoms with Crippen molar-refractivity contribution in [2.75, 3.05) is 0 Å². The van der Waals surface area contributed by atoms with Crippen LogP contribution in [0.1, 0.15) is 0 Å². The molecule has 1 radical (unpaired) electrons. The molecule has 0 spiro atoms. The van der Waals surface area contributed by atoms with E-state index in [1.807, 2.05) is 0 Å². The van der Waals surface area contributed by atoms with E-state index in [4.69, 9.17) is 0 Å². The van der Waals surface area contributed by atoms with Gasteiger partial charge in [0.15, 0.2) is 0 Å². The summed E-state index contributed by atoms with van der Waals surface area (Å²) in [5, 5.41) is 9.77. The Morgan fingerprint density at radius 2 is 2.44 bits per heavy atom. The fourth-order valence-corrected chi connectivity index (χ4v) is 0.357. The third kappa shape index (κ3) is 1.96. The van der Waals surface area contributed by atoms with E-state index in [2.05, 4.69) is 9.97 Å². The van der Waals surface area contributed by atoms with Crippen LogP contribution in [0, 0.1) is 10.1 Å². The van der Waals surface area contributed by atoms with Crippen molar-refractivity contribution in [3.8, 4) is 0 Å². The molecule has 0 aliphatic heterocycles. The van der Waals surface area contributed by atoms with Gasteiger partial charge in [0.25, 0.3) is 0 Å². The van der Waals surface area contributed by atoms with Crippen LogP contribution >= 0.6 is 0 Å². The Morgan fingerprint density at radius 1 is 1.78 bits per heavy atom. The van der Waals surface area contributed by atoms with Crippen molar-refractivity contribution in [3.05, 3.63) is 22.5 Å². The fourth-order valence-electron chi connectivity index (χ4n) is 0.357. The Hall–Kier alpha value is -0.650. The van der Waals surface area contributed by atoms with Crippen molar-refractivity contribution >= 4 is 5.95 Å². The van der Waals surface area contributed by atoms with Crippen molar-refractivity contribution in [1.29, 1.82) is 0 Å². The smallest absolute Gasteiger partial charge is 0.390 e. The first-order chi connectivity index (χ1) is 3.80. The largest absolute Gasteiger partial charge is 0.432 e. The normalized spacial score (nSPS) is 8.00. The Balaban J connectivity index is 0.000000640. The van der Waals surface area contributed by atoms with Crippen LogP contribution in [0.3, 0.4) is 0 Å². The fraction of sp³-hybridized carbons (Fsp3) is 0. The van der Waals surface area contributed by atoms with Gasteiger partial charge in [-0.1, -0.05) is 4.98 Å². The molecule has 1 aromatic rings. The number of aromatic nitrogens is 2. The van der Waals surface area contributed by atoms with Gasteiger partial charge in [-0.2, -0.15) is 0 Å². The Morgan fingerprint density at radius 3 is 2.67 bits per heavy atom. The van der Waals surface area contributed by atoms with Crippen molar-refractivity contribution in [1.82, 2.24) is 9.97 Å². The van der Waals surface area contributed by atoms with Gasteiger partial charge in [-0.3, -0.25) is 0 Å². The van der Waals surface area contributed by atoms with Gasteiger partial charge in [0.2, 0.25) is 0 Å². The third-order valence-electron chi connectivity index (χ3n) is 0.657. The van der Waals surface area contributed by atoms with Crippen LogP contribution in [0.25, 0.3) is 0 Å². The number of hydrogen-bond donors (Lipinski definition) is 1. The van der Waals surface area contributed by atoms with Crippen LogP contribution in [0.4, 0.5) is 5.95 Å². The maximum absolute atomic E-state index is 9.77. The molecule has 1 heterocycles. The summed E-state index contributed by atoms with van der Waals surface area (Å²) in [6.45, 7) is 0. The second kappa shape index (κ2) is 3.39. The zero-order valence-electron chi connectivity index (χ0n) is 4.17. The molecule has 53 valence electrons. The number of H-pyrrole nitrogens is 1.